The molecule has 1 heterocycles. The van der Waals surface area contributed by atoms with E-state index >= 15 is 0 Å². The van der Waals surface area contributed by atoms with Crippen LogP contribution in [0.5, 0.6) is 5.75 Å². The Morgan fingerprint density at radius 3 is 2.77 bits per heavy atom. The molecule has 0 saturated heterocycles. The molecule has 0 spiro atoms. The zero-order chi connectivity index (χ0) is 19.0. The molecule has 0 radical (unpaired) electrons. The number of rotatable bonds is 3. The van der Waals surface area contributed by atoms with Crippen molar-refractivity contribution < 1.29 is 24.4 Å². The fraction of sp³-hybridized carbons (Fsp3) is 0.389. The Labute approximate surface area is 149 Å². The summed E-state index contributed by atoms with van der Waals surface area (Å²) in [5.74, 6) is -3.28. The number of hydrogen-bond acceptors (Lipinski definition) is 7. The zero-order valence-corrected chi connectivity index (χ0v) is 14.3. The van der Waals surface area contributed by atoms with Crippen LogP contribution < -0.4 is 0 Å². The number of aliphatic imine (C=N–C) groups is 1. The van der Waals surface area contributed by atoms with Crippen LogP contribution in [0, 0.1) is 22.0 Å². The van der Waals surface area contributed by atoms with Gasteiger partial charge in [0, 0.05) is 17.7 Å². The van der Waals surface area contributed by atoms with E-state index in [4.69, 9.17) is 4.74 Å². The summed E-state index contributed by atoms with van der Waals surface area (Å²) in [4.78, 5) is 40.0. The normalized spacial score (nSPS) is 27.5. The molecule has 1 unspecified atom stereocenters. The fourth-order valence-electron chi connectivity index (χ4n) is 3.87. The second kappa shape index (κ2) is 6.70. The first-order valence-electron chi connectivity index (χ1n) is 8.15. The molecule has 1 aromatic rings. The molecule has 1 aliphatic carbocycles. The Balaban J connectivity index is 2.18. The predicted octanol–water partition coefficient (Wildman–Crippen LogP) is 2.16. The highest BCUT2D eigenvalue weighted by Crippen LogP contribution is 2.45. The monoisotopic (exact) mass is 358 g/mol. The summed E-state index contributed by atoms with van der Waals surface area (Å²) in [6.45, 7) is 1.70. The Hall–Kier alpha value is -3.03. The number of aromatic hydroxyl groups is 1. The number of allylic oxidation sites excluding steroid dienone is 1. The summed E-state index contributed by atoms with van der Waals surface area (Å²) in [5.41, 5.74) is 0.487. The van der Waals surface area contributed by atoms with Crippen LogP contribution in [0.1, 0.15) is 24.8 Å². The molecule has 8 nitrogen and oxygen atoms in total. The van der Waals surface area contributed by atoms with Crippen molar-refractivity contribution in [2.45, 2.75) is 25.3 Å². The molecule has 26 heavy (non-hydrogen) atoms. The van der Waals surface area contributed by atoms with Crippen molar-refractivity contribution in [3.63, 3.8) is 0 Å². The van der Waals surface area contributed by atoms with E-state index in [1.165, 1.54) is 31.4 Å². The van der Waals surface area contributed by atoms with Crippen molar-refractivity contribution in [3.05, 3.63) is 46.0 Å². The summed E-state index contributed by atoms with van der Waals surface area (Å²) in [6, 6.07) is 3.61. The summed E-state index contributed by atoms with van der Waals surface area (Å²) in [7, 11) is 1.25. The third kappa shape index (κ3) is 2.87. The van der Waals surface area contributed by atoms with E-state index in [1.807, 2.05) is 0 Å². The van der Waals surface area contributed by atoms with E-state index in [-0.39, 0.29) is 11.8 Å². The molecule has 3 rings (SSSR count). The van der Waals surface area contributed by atoms with E-state index in [0.717, 1.165) is 0 Å². The summed E-state index contributed by atoms with van der Waals surface area (Å²) in [5, 5.41) is 20.9. The van der Waals surface area contributed by atoms with E-state index in [0.29, 0.717) is 17.7 Å². The smallest absolute Gasteiger partial charge is 0.315 e. The summed E-state index contributed by atoms with van der Waals surface area (Å²) >= 11 is 0. The van der Waals surface area contributed by atoms with Crippen LogP contribution in [-0.4, -0.2) is 40.6 Å². The van der Waals surface area contributed by atoms with E-state index in [2.05, 4.69) is 4.99 Å². The molecular formula is C18H18N2O6. The molecule has 0 bridgehead atoms. The fourth-order valence-corrected chi connectivity index (χ4v) is 3.87. The maximum absolute atomic E-state index is 12.6. The third-order valence-electron chi connectivity index (χ3n) is 5.00. The van der Waals surface area contributed by atoms with Crippen molar-refractivity contribution >= 4 is 23.2 Å². The highest BCUT2D eigenvalue weighted by molar-refractivity contribution is 6.05. The standard InChI is InChI=1S/C18H18N2O6/c1-9-15(18(23)26-2)16(17-11(19-9)4-3-5-14(17)22)10-6-7-13(21)12(8-10)20(24)25/h3,5-8,11,15-17,21H,4H2,1-2H3/t11-,15?,16-,17-/m0/s1. The highest BCUT2D eigenvalue weighted by Gasteiger charge is 2.48. The number of fused-ring (bicyclic) bond motifs is 1. The van der Waals surface area contributed by atoms with Crippen LogP contribution in [0.15, 0.2) is 35.3 Å². The van der Waals surface area contributed by atoms with Crippen LogP contribution in [0.25, 0.3) is 0 Å². The third-order valence-corrected chi connectivity index (χ3v) is 5.00. The minimum Gasteiger partial charge on any atom is -0.502 e. The largest absolute Gasteiger partial charge is 0.502 e. The number of ketones is 1. The van der Waals surface area contributed by atoms with Crippen molar-refractivity contribution in [3.8, 4) is 5.75 Å². The number of nitro groups is 1. The molecule has 0 fully saturated rings. The number of carbonyl (C=O) groups excluding carboxylic acids is 2. The number of carbonyl (C=O) groups is 2. The predicted molar refractivity (Wildman–Crippen MR) is 92.2 cm³/mol. The molecule has 4 atom stereocenters. The molecule has 1 aliphatic heterocycles. The summed E-state index contributed by atoms with van der Waals surface area (Å²) in [6.07, 6.45) is 3.76. The van der Waals surface area contributed by atoms with Crippen LogP contribution in [0.3, 0.4) is 0 Å². The average molecular weight is 358 g/mol. The number of hydrogen-bond donors (Lipinski definition) is 1. The van der Waals surface area contributed by atoms with Gasteiger partial charge in [-0.05, 0) is 31.1 Å². The molecular weight excluding hydrogens is 340 g/mol. The average Bonchev–Trinajstić information content (AvgIpc) is 2.60. The lowest BCUT2D eigenvalue weighted by Gasteiger charge is -2.40. The van der Waals surface area contributed by atoms with Gasteiger partial charge >= 0.3 is 11.7 Å². The van der Waals surface area contributed by atoms with Crippen LogP contribution in [0.4, 0.5) is 5.69 Å². The number of ether oxygens (including phenoxy) is 1. The maximum atomic E-state index is 12.6. The number of methoxy groups -OCH3 is 1. The van der Waals surface area contributed by atoms with Gasteiger partial charge in [-0.25, -0.2) is 0 Å². The SMILES string of the molecule is COC(=O)C1C(C)=N[C@H]2CC=CC(=O)[C@H]2[C@H]1c1ccc(O)c([N+](=O)[O-])c1. The number of phenolic OH excluding ortho intramolecular Hbond substituents is 1. The summed E-state index contributed by atoms with van der Waals surface area (Å²) < 4.78 is 4.90. The van der Waals surface area contributed by atoms with Crippen LogP contribution in [0.2, 0.25) is 0 Å². The molecule has 1 aromatic carbocycles. The Morgan fingerprint density at radius 1 is 1.38 bits per heavy atom. The van der Waals surface area contributed by atoms with Gasteiger partial charge in [0.05, 0.1) is 24.0 Å². The number of phenols is 1. The van der Waals surface area contributed by atoms with Crippen LogP contribution in [-0.2, 0) is 14.3 Å². The number of esters is 1. The van der Waals surface area contributed by atoms with Gasteiger partial charge in [-0.15, -0.1) is 0 Å². The van der Waals surface area contributed by atoms with Gasteiger partial charge in [0.1, 0.15) is 5.92 Å². The van der Waals surface area contributed by atoms with E-state index < -0.39 is 40.1 Å². The van der Waals surface area contributed by atoms with Gasteiger partial charge in [-0.2, -0.15) is 0 Å². The molecule has 0 amide bonds. The molecule has 136 valence electrons. The molecule has 8 heteroatoms. The van der Waals surface area contributed by atoms with Gasteiger partial charge in [-0.1, -0.05) is 12.1 Å². The minimum atomic E-state index is -0.819. The molecule has 0 aromatic heterocycles. The topological polar surface area (TPSA) is 119 Å². The first kappa shape index (κ1) is 17.8. The lowest BCUT2D eigenvalue weighted by atomic mass is 9.66. The van der Waals surface area contributed by atoms with Gasteiger partial charge < -0.3 is 9.84 Å². The van der Waals surface area contributed by atoms with Crippen molar-refractivity contribution in [1.82, 2.24) is 0 Å². The maximum Gasteiger partial charge on any atom is 0.315 e. The Kier molecular flexibility index (Phi) is 4.58. The quantitative estimate of drug-likeness (QED) is 0.502. The van der Waals surface area contributed by atoms with Crippen LogP contribution >= 0.6 is 0 Å². The lowest BCUT2D eigenvalue weighted by Crippen LogP contribution is -2.46. The van der Waals surface area contributed by atoms with Crippen molar-refractivity contribution in [2.75, 3.05) is 7.11 Å². The van der Waals surface area contributed by atoms with E-state index in [9.17, 15) is 24.8 Å². The van der Waals surface area contributed by atoms with Gasteiger partial charge in [-0.3, -0.25) is 24.7 Å². The van der Waals surface area contributed by atoms with Crippen molar-refractivity contribution in [1.29, 1.82) is 0 Å². The Morgan fingerprint density at radius 2 is 2.12 bits per heavy atom. The van der Waals surface area contributed by atoms with Crippen molar-refractivity contribution in [2.24, 2.45) is 16.8 Å². The first-order valence-corrected chi connectivity index (χ1v) is 8.15. The second-order valence-corrected chi connectivity index (χ2v) is 6.44. The van der Waals surface area contributed by atoms with Gasteiger partial charge in [0.15, 0.2) is 11.5 Å². The number of nitrogens with zero attached hydrogens (tertiary/aromatic N) is 2. The zero-order valence-electron chi connectivity index (χ0n) is 14.3. The molecule has 0 saturated carbocycles. The highest BCUT2D eigenvalue weighted by atomic mass is 16.6. The minimum absolute atomic E-state index is 0.174. The molecule has 2 aliphatic rings. The van der Waals surface area contributed by atoms with Gasteiger partial charge in [0.25, 0.3) is 0 Å². The molecule has 1 N–H and O–H groups in total. The second-order valence-electron chi connectivity index (χ2n) is 6.44. The van der Waals surface area contributed by atoms with Gasteiger partial charge in [0.2, 0.25) is 0 Å². The Bertz CT molecular complexity index is 844. The number of nitro benzene ring substituents is 1. The van der Waals surface area contributed by atoms with E-state index in [1.54, 1.807) is 13.0 Å². The number of benzene rings is 1. The lowest BCUT2D eigenvalue weighted by molar-refractivity contribution is -0.385. The first-order chi connectivity index (χ1) is 12.3.